The minimum atomic E-state index is -1.42. The van der Waals surface area contributed by atoms with Gasteiger partial charge in [-0.3, -0.25) is 4.79 Å². The Labute approximate surface area is 75.1 Å². The average Bonchev–Trinajstić information content (AvgIpc) is 2.02. The number of aliphatic carboxylic acids is 1. The van der Waals surface area contributed by atoms with E-state index in [4.69, 9.17) is 25.5 Å². The molecular formula is C7H14O6. The zero-order valence-electron chi connectivity index (χ0n) is 7.00. The molecule has 0 rings (SSSR count). The molecular weight excluding hydrogens is 180 g/mol. The summed E-state index contributed by atoms with van der Waals surface area (Å²) in [4.78, 5) is 10.1. The summed E-state index contributed by atoms with van der Waals surface area (Å²) < 4.78 is 0. The summed E-state index contributed by atoms with van der Waals surface area (Å²) in [7, 11) is 0. The highest BCUT2D eigenvalue weighted by atomic mass is 16.4. The summed E-state index contributed by atoms with van der Waals surface area (Å²) in [6.07, 6.45) is -4.72. The molecule has 3 unspecified atom stereocenters. The molecule has 6 nitrogen and oxygen atoms in total. The van der Waals surface area contributed by atoms with Gasteiger partial charge < -0.3 is 25.5 Å². The van der Waals surface area contributed by atoms with Crippen LogP contribution in [0.1, 0.15) is 12.8 Å². The molecule has 0 bridgehead atoms. The summed E-state index contributed by atoms with van der Waals surface area (Å²) >= 11 is 0. The lowest BCUT2D eigenvalue weighted by molar-refractivity contribution is -0.141. The number of hydrogen-bond acceptors (Lipinski definition) is 5. The number of rotatable bonds is 6. The maximum atomic E-state index is 10.1. The van der Waals surface area contributed by atoms with Crippen molar-refractivity contribution in [1.82, 2.24) is 0 Å². The average molecular weight is 194 g/mol. The Morgan fingerprint density at radius 3 is 2.08 bits per heavy atom. The highest BCUT2D eigenvalue weighted by Gasteiger charge is 2.21. The maximum Gasteiger partial charge on any atom is 0.306 e. The van der Waals surface area contributed by atoms with E-state index in [9.17, 15) is 4.79 Å². The predicted octanol–water partition coefficient (Wildman–Crippen LogP) is -2.07. The smallest absolute Gasteiger partial charge is 0.306 e. The Balaban J connectivity index is 3.81. The molecule has 0 aliphatic rings. The van der Waals surface area contributed by atoms with Gasteiger partial charge in [0.25, 0.3) is 0 Å². The van der Waals surface area contributed by atoms with E-state index in [1.54, 1.807) is 0 Å². The van der Waals surface area contributed by atoms with Crippen LogP contribution in [-0.4, -0.2) is 56.4 Å². The SMILES string of the molecule is O=C(O)CC(O)C(O)CC(O)CO. The van der Waals surface area contributed by atoms with Crippen molar-refractivity contribution in [2.24, 2.45) is 0 Å². The zero-order valence-corrected chi connectivity index (χ0v) is 7.00. The number of aliphatic hydroxyl groups is 4. The van der Waals surface area contributed by atoms with Crippen molar-refractivity contribution in [3.05, 3.63) is 0 Å². The highest BCUT2D eigenvalue weighted by molar-refractivity contribution is 5.67. The summed E-state index contributed by atoms with van der Waals surface area (Å²) in [5.41, 5.74) is 0. The second-order valence-electron chi connectivity index (χ2n) is 2.80. The third kappa shape index (κ3) is 5.53. The highest BCUT2D eigenvalue weighted by Crippen LogP contribution is 2.06. The lowest BCUT2D eigenvalue weighted by atomic mass is 10.0. The molecule has 0 saturated carbocycles. The minimum Gasteiger partial charge on any atom is -0.481 e. The molecule has 0 heterocycles. The van der Waals surface area contributed by atoms with E-state index in [1.807, 2.05) is 0 Å². The molecule has 6 heteroatoms. The van der Waals surface area contributed by atoms with Crippen LogP contribution in [-0.2, 0) is 4.79 Å². The van der Waals surface area contributed by atoms with Gasteiger partial charge in [-0.2, -0.15) is 0 Å². The van der Waals surface area contributed by atoms with E-state index in [1.165, 1.54) is 0 Å². The number of aliphatic hydroxyl groups excluding tert-OH is 4. The van der Waals surface area contributed by atoms with Gasteiger partial charge in [0.05, 0.1) is 31.3 Å². The van der Waals surface area contributed by atoms with E-state index in [-0.39, 0.29) is 6.42 Å². The molecule has 0 amide bonds. The zero-order chi connectivity index (χ0) is 10.4. The molecule has 0 aromatic carbocycles. The van der Waals surface area contributed by atoms with Crippen molar-refractivity contribution in [2.75, 3.05) is 6.61 Å². The standard InChI is InChI=1S/C7H14O6/c8-3-4(9)1-5(10)6(11)2-7(12)13/h4-6,8-11H,1-3H2,(H,12,13). The fourth-order valence-corrected chi connectivity index (χ4v) is 0.825. The fraction of sp³-hybridized carbons (Fsp3) is 0.857. The second kappa shape index (κ2) is 5.87. The molecule has 78 valence electrons. The van der Waals surface area contributed by atoms with Crippen LogP contribution >= 0.6 is 0 Å². The molecule has 0 fully saturated rings. The summed E-state index contributed by atoms with van der Waals surface area (Å²) in [5, 5.41) is 43.6. The fourth-order valence-electron chi connectivity index (χ4n) is 0.825. The van der Waals surface area contributed by atoms with E-state index in [2.05, 4.69) is 0 Å². The van der Waals surface area contributed by atoms with Crippen molar-refractivity contribution in [1.29, 1.82) is 0 Å². The van der Waals surface area contributed by atoms with Gasteiger partial charge >= 0.3 is 5.97 Å². The molecule has 0 aromatic heterocycles. The third-order valence-corrected chi connectivity index (χ3v) is 1.55. The number of carboxylic acids is 1. The summed E-state index contributed by atoms with van der Waals surface area (Å²) in [5.74, 6) is -1.23. The van der Waals surface area contributed by atoms with E-state index in [0.717, 1.165) is 0 Å². The van der Waals surface area contributed by atoms with Crippen LogP contribution in [0, 0.1) is 0 Å². The first kappa shape index (κ1) is 12.3. The predicted molar refractivity (Wildman–Crippen MR) is 42.0 cm³/mol. The van der Waals surface area contributed by atoms with Crippen molar-refractivity contribution in [3.8, 4) is 0 Å². The largest absolute Gasteiger partial charge is 0.481 e. The normalized spacial score (nSPS) is 17.8. The molecule has 0 spiro atoms. The Bertz CT molecular complexity index is 159. The number of hydrogen-bond donors (Lipinski definition) is 5. The first-order valence-electron chi connectivity index (χ1n) is 3.84. The second-order valence-corrected chi connectivity index (χ2v) is 2.80. The molecule has 0 aliphatic carbocycles. The van der Waals surface area contributed by atoms with Gasteiger partial charge in [-0.15, -0.1) is 0 Å². The van der Waals surface area contributed by atoms with Crippen LogP contribution in [0.25, 0.3) is 0 Å². The first-order valence-corrected chi connectivity index (χ1v) is 3.84. The minimum absolute atomic E-state index is 0.245. The van der Waals surface area contributed by atoms with Crippen molar-refractivity contribution in [3.63, 3.8) is 0 Å². The molecule has 13 heavy (non-hydrogen) atoms. The molecule has 0 aromatic rings. The van der Waals surface area contributed by atoms with E-state index < -0.39 is 37.3 Å². The Kier molecular flexibility index (Phi) is 5.56. The van der Waals surface area contributed by atoms with Crippen LogP contribution < -0.4 is 0 Å². The van der Waals surface area contributed by atoms with Gasteiger partial charge in [0, 0.05) is 6.42 Å². The number of carbonyl (C=O) groups is 1. The third-order valence-electron chi connectivity index (χ3n) is 1.55. The molecule has 0 saturated heterocycles. The molecule has 0 radical (unpaired) electrons. The first-order chi connectivity index (χ1) is 5.97. The van der Waals surface area contributed by atoms with Crippen LogP contribution in [0.3, 0.4) is 0 Å². The van der Waals surface area contributed by atoms with E-state index >= 15 is 0 Å². The molecule has 3 atom stereocenters. The topological polar surface area (TPSA) is 118 Å². The van der Waals surface area contributed by atoms with Crippen LogP contribution in [0.5, 0.6) is 0 Å². The Morgan fingerprint density at radius 2 is 1.69 bits per heavy atom. The van der Waals surface area contributed by atoms with Crippen molar-refractivity contribution < 1.29 is 30.3 Å². The number of carboxylic acid groups (broad SMARTS) is 1. The monoisotopic (exact) mass is 194 g/mol. The van der Waals surface area contributed by atoms with Gasteiger partial charge in [-0.05, 0) is 0 Å². The lowest BCUT2D eigenvalue weighted by Crippen LogP contribution is -2.32. The van der Waals surface area contributed by atoms with Crippen LogP contribution in [0.4, 0.5) is 0 Å². The van der Waals surface area contributed by atoms with Gasteiger partial charge in [0.1, 0.15) is 0 Å². The quantitative estimate of drug-likeness (QED) is 0.331. The van der Waals surface area contributed by atoms with Gasteiger partial charge in [-0.1, -0.05) is 0 Å². The van der Waals surface area contributed by atoms with Crippen molar-refractivity contribution >= 4 is 5.97 Å². The van der Waals surface area contributed by atoms with Gasteiger partial charge in [0.15, 0.2) is 0 Å². The Hall–Kier alpha value is -0.690. The molecule has 0 aliphatic heterocycles. The molecule has 5 N–H and O–H groups in total. The summed E-state index contributed by atoms with van der Waals surface area (Å²) in [6, 6.07) is 0. The van der Waals surface area contributed by atoms with E-state index in [0.29, 0.717) is 0 Å². The summed E-state index contributed by atoms with van der Waals surface area (Å²) in [6.45, 7) is -0.531. The maximum absolute atomic E-state index is 10.1. The van der Waals surface area contributed by atoms with Gasteiger partial charge in [-0.25, -0.2) is 0 Å². The van der Waals surface area contributed by atoms with Gasteiger partial charge in [0.2, 0.25) is 0 Å². The lowest BCUT2D eigenvalue weighted by Gasteiger charge is -2.17. The Morgan fingerprint density at radius 1 is 1.15 bits per heavy atom. The van der Waals surface area contributed by atoms with Crippen LogP contribution in [0.2, 0.25) is 0 Å². The van der Waals surface area contributed by atoms with Crippen LogP contribution in [0.15, 0.2) is 0 Å². The van der Waals surface area contributed by atoms with Crippen molar-refractivity contribution in [2.45, 2.75) is 31.2 Å².